The largest absolute Gasteiger partial charge is 0.493 e. The van der Waals surface area contributed by atoms with Crippen molar-refractivity contribution in [3.8, 4) is 11.5 Å². The molecule has 0 spiro atoms. The smallest absolute Gasteiger partial charge is 0.338 e. The van der Waals surface area contributed by atoms with E-state index < -0.39 is 16.8 Å². The lowest BCUT2D eigenvalue weighted by atomic mass is 10.2. The first-order chi connectivity index (χ1) is 12.9. The highest BCUT2D eigenvalue weighted by atomic mass is 16.6. The van der Waals surface area contributed by atoms with E-state index in [9.17, 15) is 19.7 Å². The van der Waals surface area contributed by atoms with Gasteiger partial charge in [-0.05, 0) is 37.3 Å². The number of anilines is 1. The summed E-state index contributed by atoms with van der Waals surface area (Å²) in [5.74, 6) is -0.574. The van der Waals surface area contributed by atoms with Crippen molar-refractivity contribution in [2.24, 2.45) is 0 Å². The molecule has 0 saturated carbocycles. The van der Waals surface area contributed by atoms with Crippen molar-refractivity contribution in [1.29, 1.82) is 0 Å². The van der Waals surface area contributed by atoms with Gasteiger partial charge < -0.3 is 19.5 Å². The number of nitrogens with one attached hydrogen (secondary N) is 1. The van der Waals surface area contributed by atoms with E-state index in [0.717, 1.165) is 0 Å². The number of nitro groups is 1. The van der Waals surface area contributed by atoms with Gasteiger partial charge in [0.05, 0.1) is 30.3 Å². The van der Waals surface area contributed by atoms with Crippen LogP contribution in [0.25, 0.3) is 0 Å². The second-order valence-electron chi connectivity index (χ2n) is 5.23. The van der Waals surface area contributed by atoms with E-state index in [0.29, 0.717) is 11.3 Å². The van der Waals surface area contributed by atoms with Crippen LogP contribution in [0, 0.1) is 10.1 Å². The molecule has 0 unspecified atom stereocenters. The molecule has 0 radical (unpaired) electrons. The number of carbonyl (C=O) groups excluding carboxylic acids is 2. The van der Waals surface area contributed by atoms with Crippen LogP contribution in [-0.2, 0) is 9.53 Å². The second kappa shape index (κ2) is 9.18. The van der Waals surface area contributed by atoms with Gasteiger partial charge in [0.2, 0.25) is 0 Å². The van der Waals surface area contributed by atoms with Gasteiger partial charge in [-0.3, -0.25) is 14.9 Å². The fourth-order valence-corrected chi connectivity index (χ4v) is 2.14. The van der Waals surface area contributed by atoms with E-state index in [1.807, 2.05) is 0 Å². The van der Waals surface area contributed by atoms with Gasteiger partial charge in [0.25, 0.3) is 11.6 Å². The summed E-state index contributed by atoms with van der Waals surface area (Å²) in [6, 6.07) is 10.0. The molecule has 0 saturated heterocycles. The lowest BCUT2D eigenvalue weighted by Gasteiger charge is -2.11. The topological polar surface area (TPSA) is 117 Å². The number of amides is 1. The number of ether oxygens (including phenoxy) is 3. The van der Waals surface area contributed by atoms with Crippen LogP contribution in [-0.4, -0.2) is 37.1 Å². The van der Waals surface area contributed by atoms with Crippen molar-refractivity contribution >= 4 is 23.3 Å². The molecule has 0 aliphatic carbocycles. The molecule has 0 heterocycles. The van der Waals surface area contributed by atoms with Crippen molar-refractivity contribution in [1.82, 2.24) is 0 Å². The summed E-state index contributed by atoms with van der Waals surface area (Å²) < 4.78 is 15.3. The maximum Gasteiger partial charge on any atom is 0.338 e. The molecule has 142 valence electrons. The number of non-ortho nitro benzene ring substituents is 1. The molecule has 0 aliphatic heterocycles. The third kappa shape index (κ3) is 5.43. The molecule has 0 aliphatic rings. The number of hydrogen-bond donors (Lipinski definition) is 1. The van der Waals surface area contributed by atoms with Crippen LogP contribution in [0.3, 0.4) is 0 Å². The second-order valence-corrected chi connectivity index (χ2v) is 5.23. The first kappa shape index (κ1) is 19.7. The molecule has 2 aromatic carbocycles. The summed E-state index contributed by atoms with van der Waals surface area (Å²) >= 11 is 0. The van der Waals surface area contributed by atoms with E-state index in [1.165, 1.54) is 37.4 Å². The zero-order chi connectivity index (χ0) is 19.8. The van der Waals surface area contributed by atoms with Crippen molar-refractivity contribution in [2.75, 3.05) is 25.6 Å². The molecule has 27 heavy (non-hydrogen) atoms. The predicted molar refractivity (Wildman–Crippen MR) is 96.2 cm³/mol. The molecular weight excluding hydrogens is 356 g/mol. The Balaban J connectivity index is 1.97. The zero-order valence-corrected chi connectivity index (χ0v) is 14.8. The normalized spacial score (nSPS) is 10.0. The SMILES string of the molecule is CCOC(=O)c1ccc(NC(=O)COc2cc([N+](=O)[O-])ccc2OC)cc1. The Morgan fingerprint density at radius 1 is 1.11 bits per heavy atom. The Kier molecular flexibility index (Phi) is 6.70. The maximum absolute atomic E-state index is 12.0. The molecule has 0 fully saturated rings. The minimum absolute atomic E-state index is 0.0829. The van der Waals surface area contributed by atoms with Crippen LogP contribution in [0.5, 0.6) is 11.5 Å². The summed E-state index contributed by atoms with van der Waals surface area (Å²) in [4.78, 5) is 33.9. The van der Waals surface area contributed by atoms with Gasteiger partial charge in [-0.25, -0.2) is 4.79 Å². The highest BCUT2D eigenvalue weighted by Crippen LogP contribution is 2.31. The summed E-state index contributed by atoms with van der Waals surface area (Å²) in [5, 5.41) is 13.4. The number of rotatable bonds is 8. The van der Waals surface area contributed by atoms with Crippen molar-refractivity contribution in [3.05, 3.63) is 58.1 Å². The monoisotopic (exact) mass is 374 g/mol. The quantitative estimate of drug-likeness (QED) is 0.429. The molecule has 1 amide bonds. The Morgan fingerprint density at radius 3 is 2.41 bits per heavy atom. The molecule has 1 N–H and O–H groups in total. The first-order valence-corrected chi connectivity index (χ1v) is 7.97. The maximum atomic E-state index is 12.0. The number of nitro benzene ring substituents is 1. The van der Waals surface area contributed by atoms with Gasteiger partial charge >= 0.3 is 5.97 Å². The molecule has 0 bridgehead atoms. The summed E-state index contributed by atoms with van der Waals surface area (Å²) in [6.07, 6.45) is 0. The molecular formula is C18H18N2O7. The summed E-state index contributed by atoms with van der Waals surface area (Å²) in [6.45, 7) is 1.61. The van der Waals surface area contributed by atoms with Crippen molar-refractivity contribution < 1.29 is 28.7 Å². The summed E-state index contributed by atoms with van der Waals surface area (Å²) in [5.41, 5.74) is 0.649. The number of carbonyl (C=O) groups is 2. The van der Waals surface area contributed by atoms with Crippen molar-refractivity contribution in [2.45, 2.75) is 6.92 Å². The van der Waals surface area contributed by atoms with Gasteiger partial charge in [-0.1, -0.05) is 0 Å². The molecule has 9 heteroatoms. The van der Waals surface area contributed by atoms with Gasteiger partial charge in [0.1, 0.15) is 0 Å². The highest BCUT2D eigenvalue weighted by molar-refractivity contribution is 5.93. The standard InChI is InChI=1S/C18H18N2O7/c1-3-26-18(22)12-4-6-13(7-5-12)19-17(21)11-27-16-10-14(20(23)24)8-9-15(16)25-2/h4-10H,3,11H2,1-2H3,(H,19,21). The van der Waals surface area contributed by atoms with Gasteiger partial charge in [-0.2, -0.15) is 0 Å². The summed E-state index contributed by atoms with van der Waals surface area (Å²) in [7, 11) is 1.39. The van der Waals surface area contributed by atoms with Crippen LogP contribution in [0.2, 0.25) is 0 Å². The molecule has 0 aromatic heterocycles. The lowest BCUT2D eigenvalue weighted by Crippen LogP contribution is -2.20. The van der Waals surface area contributed by atoms with Crippen LogP contribution in [0.15, 0.2) is 42.5 Å². The van der Waals surface area contributed by atoms with E-state index >= 15 is 0 Å². The van der Waals surface area contributed by atoms with E-state index in [1.54, 1.807) is 19.1 Å². The minimum Gasteiger partial charge on any atom is -0.493 e. The first-order valence-electron chi connectivity index (χ1n) is 7.97. The Labute approximate surface area is 155 Å². The average molecular weight is 374 g/mol. The van der Waals surface area contributed by atoms with Gasteiger partial charge in [-0.15, -0.1) is 0 Å². The van der Waals surface area contributed by atoms with Crippen LogP contribution >= 0.6 is 0 Å². The lowest BCUT2D eigenvalue weighted by molar-refractivity contribution is -0.385. The van der Waals surface area contributed by atoms with Gasteiger partial charge in [0, 0.05) is 11.8 Å². The fraction of sp³-hybridized carbons (Fsp3) is 0.222. The van der Waals surface area contributed by atoms with Crippen LogP contribution in [0.1, 0.15) is 17.3 Å². The number of methoxy groups -OCH3 is 1. The zero-order valence-electron chi connectivity index (χ0n) is 14.8. The minimum atomic E-state index is -0.572. The molecule has 2 rings (SSSR count). The number of esters is 1. The van der Waals surface area contributed by atoms with E-state index in [4.69, 9.17) is 14.2 Å². The Hall–Kier alpha value is -3.62. The number of hydrogen-bond acceptors (Lipinski definition) is 7. The van der Waals surface area contributed by atoms with E-state index in [2.05, 4.69) is 5.32 Å². The molecule has 9 nitrogen and oxygen atoms in total. The fourth-order valence-electron chi connectivity index (χ4n) is 2.14. The predicted octanol–water partition coefficient (Wildman–Crippen LogP) is 2.80. The molecule has 0 atom stereocenters. The van der Waals surface area contributed by atoms with Crippen LogP contribution in [0.4, 0.5) is 11.4 Å². The van der Waals surface area contributed by atoms with Gasteiger partial charge in [0.15, 0.2) is 18.1 Å². The number of benzene rings is 2. The molecule has 2 aromatic rings. The Morgan fingerprint density at radius 2 is 1.81 bits per heavy atom. The number of nitrogens with zero attached hydrogens (tertiary/aromatic N) is 1. The van der Waals surface area contributed by atoms with Crippen molar-refractivity contribution in [3.63, 3.8) is 0 Å². The van der Waals surface area contributed by atoms with E-state index in [-0.39, 0.29) is 30.4 Å². The van der Waals surface area contributed by atoms with Crippen LogP contribution < -0.4 is 14.8 Å². The Bertz CT molecular complexity index is 834. The average Bonchev–Trinajstić information content (AvgIpc) is 2.66. The third-order valence-corrected chi connectivity index (χ3v) is 3.40. The highest BCUT2D eigenvalue weighted by Gasteiger charge is 2.14. The third-order valence-electron chi connectivity index (χ3n) is 3.40.